The van der Waals surface area contributed by atoms with Gasteiger partial charge in [0.15, 0.2) is 0 Å². The third-order valence-corrected chi connectivity index (χ3v) is 4.55. The highest BCUT2D eigenvalue weighted by Gasteiger charge is 2.22. The first-order chi connectivity index (χ1) is 10.1. The second kappa shape index (κ2) is 7.87. The van der Waals surface area contributed by atoms with E-state index in [0.717, 1.165) is 25.9 Å². The van der Waals surface area contributed by atoms with Crippen LogP contribution in [0.2, 0.25) is 10.0 Å². The number of amides is 2. The molecule has 116 valence electrons. The molecule has 6 heteroatoms. The molecule has 0 unspecified atom stereocenters. The normalized spacial score (nSPS) is 21.9. The lowest BCUT2D eigenvalue weighted by Gasteiger charge is -2.29. The maximum Gasteiger partial charge on any atom is 0.319 e. The second-order valence-electron chi connectivity index (χ2n) is 5.50. The number of carbonyl (C=O) groups excluding carboxylic acids is 1. The van der Waals surface area contributed by atoms with Crippen LogP contribution in [0.25, 0.3) is 0 Å². The molecule has 0 spiro atoms. The zero-order valence-corrected chi connectivity index (χ0v) is 13.7. The quantitative estimate of drug-likeness (QED) is 0.780. The summed E-state index contributed by atoms with van der Waals surface area (Å²) < 4.78 is 0. The maximum absolute atomic E-state index is 12.0. The molecule has 0 bridgehead atoms. The van der Waals surface area contributed by atoms with Gasteiger partial charge in [-0.2, -0.15) is 0 Å². The lowest BCUT2D eigenvalue weighted by atomic mass is 10.1. The molecule has 3 N–H and O–H groups in total. The van der Waals surface area contributed by atoms with Crippen molar-refractivity contribution in [1.82, 2.24) is 5.32 Å². The highest BCUT2D eigenvalue weighted by molar-refractivity contribution is 6.42. The van der Waals surface area contributed by atoms with Gasteiger partial charge in [-0.3, -0.25) is 0 Å². The molecule has 2 amide bonds. The molecule has 4 nitrogen and oxygen atoms in total. The fourth-order valence-corrected chi connectivity index (χ4v) is 3.00. The zero-order valence-electron chi connectivity index (χ0n) is 12.2. The Morgan fingerprint density at radius 3 is 2.62 bits per heavy atom. The fraction of sp³-hybridized carbons (Fsp3) is 0.533. The smallest absolute Gasteiger partial charge is 0.319 e. The van der Waals surface area contributed by atoms with Crippen LogP contribution >= 0.6 is 23.2 Å². The number of likely N-dealkylation sites (tertiary alicyclic amines) is 1. The van der Waals surface area contributed by atoms with Crippen LogP contribution in [0.5, 0.6) is 0 Å². The van der Waals surface area contributed by atoms with Crippen LogP contribution in [0.15, 0.2) is 18.2 Å². The van der Waals surface area contributed by atoms with Gasteiger partial charge in [-0.05, 0) is 24.6 Å². The molecule has 0 saturated carbocycles. The largest absolute Gasteiger partial charge is 0.335 e. The molecule has 0 aromatic heterocycles. The number of halogens is 2. The predicted octanol–water partition coefficient (Wildman–Crippen LogP) is 2.57. The van der Waals surface area contributed by atoms with Crippen molar-refractivity contribution in [3.05, 3.63) is 28.2 Å². The van der Waals surface area contributed by atoms with Crippen LogP contribution in [-0.4, -0.2) is 31.7 Å². The topological polar surface area (TPSA) is 45.6 Å². The van der Waals surface area contributed by atoms with Crippen LogP contribution < -0.4 is 15.5 Å². The third kappa shape index (κ3) is 5.06. The van der Waals surface area contributed by atoms with Crippen molar-refractivity contribution in [2.24, 2.45) is 0 Å². The number of piperidine rings is 1. The average molecular weight is 331 g/mol. The summed E-state index contributed by atoms with van der Waals surface area (Å²) in [5, 5.41) is 6.73. The van der Waals surface area contributed by atoms with Gasteiger partial charge in [0.25, 0.3) is 0 Å². The van der Waals surface area contributed by atoms with E-state index in [4.69, 9.17) is 23.2 Å². The van der Waals surface area contributed by atoms with E-state index in [1.165, 1.54) is 13.0 Å². The molecule has 1 heterocycles. The molecule has 0 aliphatic carbocycles. The minimum Gasteiger partial charge on any atom is -0.335 e. The van der Waals surface area contributed by atoms with Gasteiger partial charge >= 0.3 is 6.03 Å². The highest BCUT2D eigenvalue weighted by Crippen LogP contribution is 2.24. The van der Waals surface area contributed by atoms with Crippen molar-refractivity contribution in [3.63, 3.8) is 0 Å². The monoisotopic (exact) mass is 330 g/mol. The molecule has 1 aliphatic rings. The van der Waals surface area contributed by atoms with E-state index in [9.17, 15) is 4.79 Å². The summed E-state index contributed by atoms with van der Waals surface area (Å²) in [6, 6.07) is 5.14. The van der Waals surface area contributed by atoms with Crippen LogP contribution in [0.1, 0.15) is 26.2 Å². The molecule has 0 radical (unpaired) electrons. The molecule has 2 rings (SSSR count). The molecule has 1 aromatic carbocycles. The summed E-state index contributed by atoms with van der Waals surface area (Å²) >= 11 is 11.8. The lowest BCUT2D eigenvalue weighted by molar-refractivity contribution is -0.905. The van der Waals surface area contributed by atoms with Crippen LogP contribution in [0.3, 0.4) is 0 Å². The molecular weight excluding hydrogens is 309 g/mol. The predicted molar refractivity (Wildman–Crippen MR) is 87.5 cm³/mol. The van der Waals surface area contributed by atoms with Gasteiger partial charge in [-0.1, -0.05) is 30.1 Å². The first-order valence-corrected chi connectivity index (χ1v) is 8.20. The Labute approximate surface area is 135 Å². The molecule has 21 heavy (non-hydrogen) atoms. The molecular formula is C15H22Cl2N3O+. The summed E-state index contributed by atoms with van der Waals surface area (Å²) in [7, 11) is 0. The van der Waals surface area contributed by atoms with Crippen molar-refractivity contribution in [2.45, 2.75) is 32.2 Å². The van der Waals surface area contributed by atoms with E-state index in [2.05, 4.69) is 17.6 Å². The Morgan fingerprint density at radius 2 is 2.00 bits per heavy atom. The van der Waals surface area contributed by atoms with E-state index in [1.54, 1.807) is 23.1 Å². The number of carbonyl (C=O) groups is 1. The fourth-order valence-electron chi connectivity index (χ4n) is 2.70. The summed E-state index contributed by atoms with van der Waals surface area (Å²) in [6.45, 7) is 5.70. The molecule has 1 aromatic rings. The van der Waals surface area contributed by atoms with E-state index < -0.39 is 0 Å². The van der Waals surface area contributed by atoms with Crippen LogP contribution in [0, 0.1) is 0 Å². The number of nitrogens with one attached hydrogen (secondary N) is 3. The van der Waals surface area contributed by atoms with E-state index in [0.29, 0.717) is 15.7 Å². The standard InChI is InChI=1S/C15H21Cl2N3O/c1-2-7-20-8-5-11(6-9-20)18-15(21)19-12-3-4-13(16)14(17)10-12/h3-4,10-11H,2,5-9H2,1H3,(H2,18,19,21)/p+1. The van der Waals surface area contributed by atoms with Gasteiger partial charge in [0.05, 0.1) is 29.7 Å². The van der Waals surface area contributed by atoms with Crippen molar-refractivity contribution in [2.75, 3.05) is 25.0 Å². The Balaban J connectivity index is 1.78. The van der Waals surface area contributed by atoms with Gasteiger partial charge in [-0.25, -0.2) is 4.79 Å². The van der Waals surface area contributed by atoms with Crippen molar-refractivity contribution in [3.8, 4) is 0 Å². The summed E-state index contributed by atoms with van der Waals surface area (Å²) in [5.41, 5.74) is 0.649. The summed E-state index contributed by atoms with van der Waals surface area (Å²) in [6.07, 6.45) is 3.28. The van der Waals surface area contributed by atoms with Gasteiger partial charge < -0.3 is 15.5 Å². The van der Waals surface area contributed by atoms with Gasteiger partial charge in [0, 0.05) is 24.6 Å². The number of urea groups is 1. The Morgan fingerprint density at radius 1 is 1.29 bits per heavy atom. The number of hydrogen-bond donors (Lipinski definition) is 3. The van der Waals surface area contributed by atoms with Crippen molar-refractivity contribution in [1.29, 1.82) is 0 Å². The van der Waals surface area contributed by atoms with Crippen LogP contribution in [-0.2, 0) is 0 Å². The maximum atomic E-state index is 12.0. The second-order valence-corrected chi connectivity index (χ2v) is 6.32. The third-order valence-electron chi connectivity index (χ3n) is 3.81. The number of rotatable bonds is 4. The SMILES string of the molecule is CCC[NH+]1CCC(NC(=O)Nc2ccc(Cl)c(Cl)c2)CC1. The first kappa shape index (κ1) is 16.4. The molecule has 1 saturated heterocycles. The van der Waals surface area contributed by atoms with Gasteiger partial charge in [0.1, 0.15) is 0 Å². The van der Waals surface area contributed by atoms with Crippen molar-refractivity contribution >= 4 is 34.9 Å². The zero-order chi connectivity index (χ0) is 15.2. The van der Waals surface area contributed by atoms with Gasteiger partial charge in [0.2, 0.25) is 0 Å². The minimum atomic E-state index is -0.183. The van der Waals surface area contributed by atoms with Crippen molar-refractivity contribution < 1.29 is 9.69 Å². The molecule has 0 atom stereocenters. The molecule has 1 aliphatic heterocycles. The summed E-state index contributed by atoms with van der Waals surface area (Å²) in [5.74, 6) is 0. The number of anilines is 1. The highest BCUT2D eigenvalue weighted by atomic mass is 35.5. The molecule has 1 fully saturated rings. The number of hydrogen-bond acceptors (Lipinski definition) is 1. The Kier molecular flexibility index (Phi) is 6.15. The Bertz CT molecular complexity index is 488. The van der Waals surface area contributed by atoms with E-state index in [-0.39, 0.29) is 12.1 Å². The summed E-state index contributed by atoms with van der Waals surface area (Å²) in [4.78, 5) is 13.6. The van der Waals surface area contributed by atoms with E-state index in [1.807, 2.05) is 0 Å². The van der Waals surface area contributed by atoms with Gasteiger partial charge in [-0.15, -0.1) is 0 Å². The minimum absolute atomic E-state index is 0.183. The number of quaternary nitrogens is 1. The number of benzene rings is 1. The lowest BCUT2D eigenvalue weighted by Crippen LogP contribution is -3.13. The van der Waals surface area contributed by atoms with Crippen LogP contribution in [0.4, 0.5) is 10.5 Å². The Hall–Kier alpha value is -0.970. The average Bonchev–Trinajstić information content (AvgIpc) is 2.45. The first-order valence-electron chi connectivity index (χ1n) is 7.44. The van der Waals surface area contributed by atoms with E-state index >= 15 is 0 Å².